The van der Waals surface area contributed by atoms with Gasteiger partial charge in [0, 0.05) is 5.56 Å². The van der Waals surface area contributed by atoms with Crippen molar-refractivity contribution in [2.24, 2.45) is 0 Å². The van der Waals surface area contributed by atoms with Crippen LogP contribution in [0.25, 0.3) is 22.8 Å². The number of rotatable bonds is 1. The third-order valence-corrected chi connectivity index (χ3v) is 3.06. The molecule has 0 fully saturated rings. The van der Waals surface area contributed by atoms with Gasteiger partial charge in [-0.25, -0.2) is 9.97 Å². The van der Waals surface area contributed by atoms with Crippen LogP contribution in [-0.2, 0) is 0 Å². The van der Waals surface area contributed by atoms with Gasteiger partial charge in [-0.2, -0.15) is 4.98 Å². The van der Waals surface area contributed by atoms with E-state index in [-0.39, 0.29) is 11.0 Å². The average Bonchev–Trinajstić information content (AvgIpc) is 2.39. The summed E-state index contributed by atoms with van der Waals surface area (Å²) in [6.07, 6.45) is 1.45. The summed E-state index contributed by atoms with van der Waals surface area (Å²) in [5.74, 6) is 0.292. The number of aromatic amines is 1. The highest BCUT2D eigenvalue weighted by Crippen LogP contribution is 2.25. The highest BCUT2D eigenvalue weighted by Gasteiger charge is 2.15. The summed E-state index contributed by atoms with van der Waals surface area (Å²) in [6, 6.07) is 6.96. The predicted octanol–water partition coefficient (Wildman–Crippen LogP) is 2.64. The van der Waals surface area contributed by atoms with Gasteiger partial charge in [0.05, 0.1) is 11.2 Å². The molecular weight excluding hydrogens is 287 g/mol. The molecule has 1 aromatic rings. The molecule has 5 nitrogen and oxygen atoms in total. The first-order valence-corrected chi connectivity index (χ1v) is 6.08. The van der Waals surface area contributed by atoms with Crippen molar-refractivity contribution >= 4 is 23.2 Å². The molecule has 0 aromatic heterocycles. The van der Waals surface area contributed by atoms with E-state index in [0.29, 0.717) is 22.1 Å². The normalized spacial score (nSPS) is 10.8. The van der Waals surface area contributed by atoms with E-state index in [1.807, 2.05) is 0 Å². The minimum absolute atomic E-state index is 0.145. The predicted molar refractivity (Wildman–Crippen MR) is 72.5 cm³/mol. The van der Waals surface area contributed by atoms with Crippen LogP contribution in [-0.4, -0.2) is 19.9 Å². The molecule has 0 spiro atoms. The Morgan fingerprint density at radius 1 is 1.11 bits per heavy atom. The maximum Gasteiger partial charge on any atom is 0.298 e. The monoisotopic (exact) mass is 292 g/mol. The zero-order valence-corrected chi connectivity index (χ0v) is 10.9. The summed E-state index contributed by atoms with van der Waals surface area (Å²) in [4.78, 5) is 26.7. The molecule has 3 rings (SSSR count). The molecule has 0 saturated heterocycles. The first-order chi connectivity index (χ1) is 9.15. The van der Waals surface area contributed by atoms with E-state index in [1.54, 1.807) is 24.3 Å². The number of nitrogens with one attached hydrogen (secondary N) is 1. The van der Waals surface area contributed by atoms with E-state index in [2.05, 4.69) is 19.9 Å². The van der Waals surface area contributed by atoms with Gasteiger partial charge in [-0.05, 0) is 17.7 Å². The van der Waals surface area contributed by atoms with Crippen LogP contribution >= 0.6 is 23.2 Å². The number of H-pyrrole nitrogens is 1. The van der Waals surface area contributed by atoms with Crippen molar-refractivity contribution in [2.45, 2.75) is 0 Å². The van der Waals surface area contributed by atoms with Gasteiger partial charge in [0.15, 0.2) is 5.82 Å². The molecule has 0 amide bonds. The quantitative estimate of drug-likeness (QED) is 0.700. The van der Waals surface area contributed by atoms with E-state index in [1.165, 1.54) is 6.20 Å². The van der Waals surface area contributed by atoms with Crippen molar-refractivity contribution in [3.63, 3.8) is 0 Å². The van der Waals surface area contributed by atoms with Gasteiger partial charge in [0.1, 0.15) is 11.4 Å². The number of hydrogen-bond acceptors (Lipinski definition) is 4. The number of halogens is 2. The summed E-state index contributed by atoms with van der Waals surface area (Å²) in [7, 11) is 0. The van der Waals surface area contributed by atoms with Crippen molar-refractivity contribution < 1.29 is 0 Å². The van der Waals surface area contributed by atoms with Crippen LogP contribution in [0.2, 0.25) is 10.3 Å². The molecule has 0 saturated carbocycles. The third kappa shape index (κ3) is 2.18. The lowest BCUT2D eigenvalue weighted by atomic mass is 10.1. The molecule has 2 aliphatic heterocycles. The van der Waals surface area contributed by atoms with Crippen LogP contribution in [0.1, 0.15) is 0 Å². The van der Waals surface area contributed by atoms with Gasteiger partial charge in [-0.3, -0.25) is 4.79 Å². The number of fused-ring (bicyclic) bond motifs is 1. The van der Waals surface area contributed by atoms with E-state index < -0.39 is 5.56 Å². The van der Waals surface area contributed by atoms with Crippen LogP contribution in [0.5, 0.6) is 0 Å². The third-order valence-electron chi connectivity index (χ3n) is 2.54. The summed E-state index contributed by atoms with van der Waals surface area (Å²) >= 11 is 11.8. The second-order valence-corrected chi connectivity index (χ2v) is 4.53. The van der Waals surface area contributed by atoms with Crippen molar-refractivity contribution in [1.82, 2.24) is 19.9 Å². The maximum atomic E-state index is 12.0. The molecule has 0 unspecified atom stereocenters. The molecule has 94 valence electrons. The fourth-order valence-corrected chi connectivity index (χ4v) is 2.06. The Hall–Kier alpha value is -1.98. The summed E-state index contributed by atoms with van der Waals surface area (Å²) < 4.78 is 0. The van der Waals surface area contributed by atoms with Crippen LogP contribution in [0, 0.1) is 0 Å². The van der Waals surface area contributed by atoms with Crippen LogP contribution in [0.3, 0.4) is 0 Å². The molecule has 0 aliphatic carbocycles. The standard InChI is InChI=1S/C12H6Cl2N4O/c13-7-4-2-1-3-6(7)9-11(19)17-10-8(16-9)5-15-12(14)18-10/h1-5H,(H,15,17,18,19). The molecule has 7 heteroatoms. The zero-order valence-electron chi connectivity index (χ0n) is 9.39. The topological polar surface area (TPSA) is 71.5 Å². The second-order valence-electron chi connectivity index (χ2n) is 3.77. The first kappa shape index (κ1) is 12.1. The largest absolute Gasteiger partial charge is 0.313 e. The molecule has 1 aromatic carbocycles. The van der Waals surface area contributed by atoms with Crippen molar-refractivity contribution in [1.29, 1.82) is 0 Å². The average molecular weight is 293 g/mol. The second kappa shape index (κ2) is 4.60. The van der Waals surface area contributed by atoms with E-state index in [4.69, 9.17) is 23.2 Å². The van der Waals surface area contributed by atoms with Gasteiger partial charge in [0.25, 0.3) is 5.56 Å². The van der Waals surface area contributed by atoms with E-state index >= 15 is 0 Å². The lowest BCUT2D eigenvalue weighted by Crippen LogP contribution is -2.15. The molecule has 2 heterocycles. The SMILES string of the molecule is O=c1nc2[nH]c(Cl)ncc-2nc1-c1ccccc1Cl. The number of aromatic nitrogens is 4. The molecule has 19 heavy (non-hydrogen) atoms. The zero-order chi connectivity index (χ0) is 13.4. The van der Waals surface area contributed by atoms with Gasteiger partial charge in [-0.15, -0.1) is 0 Å². The Balaban J connectivity index is 2.30. The van der Waals surface area contributed by atoms with E-state index in [9.17, 15) is 4.79 Å². The molecular formula is C12H6Cl2N4O. The minimum Gasteiger partial charge on any atom is -0.313 e. The molecule has 2 aliphatic rings. The lowest BCUT2D eigenvalue weighted by Gasteiger charge is -2.06. The van der Waals surface area contributed by atoms with Gasteiger partial charge in [-0.1, -0.05) is 29.8 Å². The van der Waals surface area contributed by atoms with Crippen LogP contribution < -0.4 is 5.56 Å². The highest BCUT2D eigenvalue weighted by molar-refractivity contribution is 6.33. The highest BCUT2D eigenvalue weighted by atomic mass is 35.5. The molecule has 1 N–H and O–H groups in total. The smallest absolute Gasteiger partial charge is 0.298 e. The van der Waals surface area contributed by atoms with Crippen LogP contribution in [0.15, 0.2) is 35.3 Å². The van der Waals surface area contributed by atoms with Crippen molar-refractivity contribution in [2.75, 3.05) is 0 Å². The lowest BCUT2D eigenvalue weighted by molar-refractivity contribution is 1.03. The Bertz CT molecular complexity index is 787. The van der Waals surface area contributed by atoms with Crippen LogP contribution in [0.4, 0.5) is 0 Å². The number of hydrogen-bond donors (Lipinski definition) is 1. The maximum absolute atomic E-state index is 12.0. The number of nitrogens with zero attached hydrogens (tertiary/aromatic N) is 3. The van der Waals surface area contributed by atoms with Gasteiger partial charge in [0.2, 0.25) is 5.28 Å². The Kier molecular flexibility index (Phi) is 2.93. The molecule has 0 bridgehead atoms. The summed E-state index contributed by atoms with van der Waals surface area (Å²) in [5.41, 5.74) is 0.701. The fraction of sp³-hybridized carbons (Fsp3) is 0. The number of benzene rings is 1. The van der Waals surface area contributed by atoms with Gasteiger partial charge >= 0.3 is 0 Å². The Labute approximate surface area is 117 Å². The first-order valence-electron chi connectivity index (χ1n) is 5.32. The Morgan fingerprint density at radius 2 is 1.89 bits per heavy atom. The summed E-state index contributed by atoms with van der Waals surface area (Å²) in [5, 5.41) is 0.589. The van der Waals surface area contributed by atoms with Gasteiger partial charge < -0.3 is 4.98 Å². The minimum atomic E-state index is -0.473. The van der Waals surface area contributed by atoms with E-state index in [0.717, 1.165) is 0 Å². The fourth-order valence-electron chi connectivity index (χ4n) is 1.69. The molecule has 0 atom stereocenters. The van der Waals surface area contributed by atoms with Crippen molar-refractivity contribution in [3.8, 4) is 22.8 Å². The summed E-state index contributed by atoms with van der Waals surface area (Å²) in [6.45, 7) is 0. The molecule has 0 radical (unpaired) electrons. The van der Waals surface area contributed by atoms with Crippen molar-refractivity contribution in [3.05, 3.63) is 51.1 Å². The Morgan fingerprint density at radius 3 is 2.68 bits per heavy atom.